The van der Waals surface area contributed by atoms with Gasteiger partial charge >= 0.3 is 0 Å². The van der Waals surface area contributed by atoms with Gasteiger partial charge in [-0.05, 0) is 46.1 Å². The number of hydrogen-bond acceptors (Lipinski definition) is 2. The van der Waals surface area contributed by atoms with Crippen molar-refractivity contribution in [3.05, 3.63) is 12.3 Å². The van der Waals surface area contributed by atoms with Crippen LogP contribution in [0.3, 0.4) is 0 Å². The van der Waals surface area contributed by atoms with E-state index in [1.807, 2.05) is 26.8 Å². The zero-order valence-electron chi connectivity index (χ0n) is 10.7. The lowest BCUT2D eigenvalue weighted by atomic mass is 10.0. The SMILES string of the molecule is CC[C@H](NS(=O)C(C)(C)C)[C@@H]1CCC=CO1. The molecular formula is C12H23NO2S. The second kappa shape index (κ2) is 5.82. The van der Waals surface area contributed by atoms with Crippen molar-refractivity contribution in [2.24, 2.45) is 0 Å². The molecule has 0 saturated heterocycles. The van der Waals surface area contributed by atoms with Gasteiger partial charge < -0.3 is 4.74 Å². The minimum absolute atomic E-state index is 0.154. The molecule has 0 aromatic carbocycles. The standard InChI is InChI=1S/C12H23NO2S/c1-5-10(11-8-6-7-9-15-11)13-16(14)12(2,3)4/h7,9-11,13H,5-6,8H2,1-4H3/t10-,11-,16?/m0/s1. The molecule has 1 aliphatic rings. The molecule has 94 valence electrons. The minimum atomic E-state index is -1.02. The van der Waals surface area contributed by atoms with Gasteiger partial charge in [-0.2, -0.15) is 0 Å². The number of ether oxygens (including phenoxy) is 1. The van der Waals surface area contributed by atoms with Gasteiger partial charge in [0.25, 0.3) is 0 Å². The number of allylic oxidation sites excluding steroid dienone is 1. The van der Waals surface area contributed by atoms with Crippen LogP contribution >= 0.6 is 0 Å². The summed E-state index contributed by atoms with van der Waals surface area (Å²) in [5.41, 5.74) is 0. The number of rotatable bonds is 4. The summed E-state index contributed by atoms with van der Waals surface area (Å²) in [6.45, 7) is 8.03. The fourth-order valence-corrected chi connectivity index (χ4v) is 2.53. The smallest absolute Gasteiger partial charge is 0.114 e. The Hall–Kier alpha value is -0.350. The van der Waals surface area contributed by atoms with Crippen molar-refractivity contribution in [1.29, 1.82) is 0 Å². The van der Waals surface area contributed by atoms with E-state index in [0.29, 0.717) is 0 Å². The Labute approximate surface area is 101 Å². The minimum Gasteiger partial charge on any atom is -0.497 e. The zero-order valence-corrected chi connectivity index (χ0v) is 11.5. The van der Waals surface area contributed by atoms with Crippen molar-refractivity contribution < 1.29 is 8.95 Å². The van der Waals surface area contributed by atoms with Crippen molar-refractivity contribution in [3.63, 3.8) is 0 Å². The van der Waals surface area contributed by atoms with Gasteiger partial charge in [0.2, 0.25) is 0 Å². The second-order valence-corrected chi connectivity index (χ2v) is 7.14. The zero-order chi connectivity index (χ0) is 12.2. The highest BCUT2D eigenvalue weighted by Gasteiger charge is 2.27. The van der Waals surface area contributed by atoms with Crippen molar-refractivity contribution in [2.75, 3.05) is 0 Å². The van der Waals surface area contributed by atoms with Crippen LogP contribution in [0.15, 0.2) is 12.3 Å². The average molecular weight is 245 g/mol. The molecule has 0 aromatic heterocycles. The van der Waals surface area contributed by atoms with E-state index in [9.17, 15) is 4.21 Å². The van der Waals surface area contributed by atoms with Gasteiger partial charge in [-0.25, -0.2) is 8.93 Å². The summed E-state index contributed by atoms with van der Waals surface area (Å²) in [7, 11) is -1.02. The molecule has 1 unspecified atom stereocenters. The highest BCUT2D eigenvalue weighted by molar-refractivity contribution is 7.84. The van der Waals surface area contributed by atoms with Crippen LogP contribution in [-0.2, 0) is 15.7 Å². The fraction of sp³-hybridized carbons (Fsp3) is 0.833. The molecule has 1 N–H and O–H groups in total. The van der Waals surface area contributed by atoms with E-state index in [2.05, 4.69) is 11.6 Å². The molecule has 0 bridgehead atoms. The largest absolute Gasteiger partial charge is 0.497 e. The third-order valence-electron chi connectivity index (χ3n) is 2.67. The molecule has 4 heteroatoms. The van der Waals surface area contributed by atoms with E-state index in [1.54, 1.807) is 6.26 Å². The molecule has 1 rings (SSSR count). The number of nitrogens with one attached hydrogen (secondary N) is 1. The van der Waals surface area contributed by atoms with Crippen LogP contribution in [0, 0.1) is 0 Å². The molecule has 0 aromatic rings. The lowest BCUT2D eigenvalue weighted by molar-refractivity contribution is 0.0925. The van der Waals surface area contributed by atoms with Gasteiger partial charge in [0, 0.05) is 0 Å². The summed E-state index contributed by atoms with van der Waals surface area (Å²) in [4.78, 5) is 0. The molecule has 0 fully saturated rings. The second-order valence-electron chi connectivity index (χ2n) is 5.14. The van der Waals surface area contributed by atoms with Gasteiger partial charge in [0.05, 0.1) is 28.0 Å². The molecule has 1 heterocycles. The van der Waals surface area contributed by atoms with E-state index in [-0.39, 0.29) is 16.9 Å². The number of hydrogen-bond donors (Lipinski definition) is 1. The molecule has 3 nitrogen and oxygen atoms in total. The van der Waals surface area contributed by atoms with E-state index in [1.165, 1.54) is 0 Å². The van der Waals surface area contributed by atoms with Crippen molar-refractivity contribution >= 4 is 11.0 Å². The lowest BCUT2D eigenvalue weighted by Gasteiger charge is -2.30. The Morgan fingerprint density at radius 1 is 1.56 bits per heavy atom. The van der Waals surface area contributed by atoms with E-state index in [4.69, 9.17) is 4.74 Å². The van der Waals surface area contributed by atoms with Crippen LogP contribution in [0.2, 0.25) is 0 Å². The highest BCUT2D eigenvalue weighted by Crippen LogP contribution is 2.18. The third kappa shape index (κ3) is 3.91. The molecule has 0 spiro atoms. The molecule has 1 aliphatic heterocycles. The van der Waals surface area contributed by atoms with Crippen molar-refractivity contribution in [3.8, 4) is 0 Å². The van der Waals surface area contributed by atoms with Crippen LogP contribution in [-0.4, -0.2) is 21.1 Å². The van der Waals surface area contributed by atoms with Gasteiger partial charge in [-0.15, -0.1) is 0 Å². The molecule has 3 atom stereocenters. The van der Waals surface area contributed by atoms with Crippen molar-refractivity contribution in [2.45, 2.75) is 63.9 Å². The Balaban J connectivity index is 2.55. The molecule has 0 radical (unpaired) electrons. The fourth-order valence-electron chi connectivity index (χ4n) is 1.59. The topological polar surface area (TPSA) is 38.3 Å². The predicted octanol–water partition coefficient (Wildman–Crippen LogP) is 2.51. The first-order valence-corrected chi connectivity index (χ1v) is 7.08. The third-order valence-corrected chi connectivity index (χ3v) is 4.30. The maximum atomic E-state index is 12.0. The predicted molar refractivity (Wildman–Crippen MR) is 68.4 cm³/mol. The summed E-state index contributed by atoms with van der Waals surface area (Å²) < 4.78 is 20.5. The molecular weight excluding hydrogens is 222 g/mol. The Bertz CT molecular complexity index is 271. The molecule has 0 amide bonds. The van der Waals surface area contributed by atoms with E-state index >= 15 is 0 Å². The summed E-state index contributed by atoms with van der Waals surface area (Å²) in [5, 5.41) is 0. The Kier molecular flexibility index (Phi) is 4.99. The normalized spacial score (nSPS) is 24.9. The van der Waals surface area contributed by atoms with Gasteiger partial charge in [0.15, 0.2) is 0 Å². The van der Waals surface area contributed by atoms with Gasteiger partial charge in [-0.3, -0.25) is 0 Å². The van der Waals surface area contributed by atoms with Crippen LogP contribution in [0.25, 0.3) is 0 Å². The van der Waals surface area contributed by atoms with Crippen LogP contribution < -0.4 is 4.72 Å². The van der Waals surface area contributed by atoms with Crippen LogP contribution in [0.4, 0.5) is 0 Å². The maximum Gasteiger partial charge on any atom is 0.114 e. The Morgan fingerprint density at radius 2 is 2.25 bits per heavy atom. The molecule has 0 saturated carbocycles. The summed E-state index contributed by atoms with van der Waals surface area (Å²) in [5.74, 6) is 0. The van der Waals surface area contributed by atoms with Crippen LogP contribution in [0.1, 0.15) is 47.0 Å². The molecule has 0 aliphatic carbocycles. The highest BCUT2D eigenvalue weighted by atomic mass is 32.2. The van der Waals surface area contributed by atoms with Crippen molar-refractivity contribution in [1.82, 2.24) is 4.72 Å². The summed E-state index contributed by atoms with van der Waals surface area (Å²) >= 11 is 0. The van der Waals surface area contributed by atoms with Crippen LogP contribution in [0.5, 0.6) is 0 Å². The first-order valence-electron chi connectivity index (χ1n) is 5.93. The Morgan fingerprint density at radius 3 is 2.69 bits per heavy atom. The average Bonchev–Trinajstić information content (AvgIpc) is 2.25. The summed E-state index contributed by atoms with van der Waals surface area (Å²) in [6.07, 6.45) is 6.93. The first-order chi connectivity index (χ1) is 7.45. The van der Waals surface area contributed by atoms with Gasteiger partial charge in [-0.1, -0.05) is 6.92 Å². The monoisotopic (exact) mass is 245 g/mol. The quantitative estimate of drug-likeness (QED) is 0.826. The summed E-state index contributed by atoms with van der Waals surface area (Å²) in [6, 6.07) is 0.171. The first kappa shape index (κ1) is 13.7. The van der Waals surface area contributed by atoms with E-state index < -0.39 is 11.0 Å². The molecule has 16 heavy (non-hydrogen) atoms. The lowest BCUT2D eigenvalue weighted by Crippen LogP contribution is -2.46. The maximum absolute atomic E-state index is 12.0. The van der Waals surface area contributed by atoms with E-state index in [0.717, 1.165) is 19.3 Å². The van der Waals surface area contributed by atoms with Gasteiger partial charge in [0.1, 0.15) is 6.10 Å².